The number of hydrogen-bond acceptors (Lipinski definition) is 1. The van der Waals surface area contributed by atoms with E-state index in [2.05, 4.69) is 39.8 Å². The zero-order valence-electron chi connectivity index (χ0n) is 9.33. The third-order valence-corrected chi connectivity index (χ3v) is 3.76. The molecule has 2 rings (SSSR count). The maximum absolute atomic E-state index is 10.1. The lowest BCUT2D eigenvalue weighted by atomic mass is 9.93. The topological polar surface area (TPSA) is 20.2 Å². The van der Waals surface area contributed by atoms with Gasteiger partial charge in [-0.05, 0) is 47.9 Å². The van der Waals surface area contributed by atoms with Crippen LogP contribution in [0.5, 0.6) is 0 Å². The summed E-state index contributed by atoms with van der Waals surface area (Å²) in [6.07, 6.45) is -0.264. The Balaban J connectivity index is 2.67. The fourth-order valence-corrected chi connectivity index (χ4v) is 2.65. The van der Waals surface area contributed by atoms with Gasteiger partial charge in [-0.15, -0.1) is 0 Å². The van der Waals surface area contributed by atoms with E-state index in [4.69, 9.17) is 0 Å². The molecule has 1 aliphatic rings. The highest BCUT2D eigenvalue weighted by atomic mass is 16.3. The first kappa shape index (κ1) is 9.72. The summed E-state index contributed by atoms with van der Waals surface area (Å²) in [6, 6.07) is 4.28. The number of benzene rings is 1. The van der Waals surface area contributed by atoms with Crippen LogP contribution in [-0.4, -0.2) is 5.11 Å². The van der Waals surface area contributed by atoms with E-state index in [1.807, 2.05) is 0 Å². The summed E-state index contributed by atoms with van der Waals surface area (Å²) in [5.74, 6) is 0.838. The summed E-state index contributed by atoms with van der Waals surface area (Å²) in [4.78, 5) is 0. The number of aliphatic hydroxyl groups is 1. The summed E-state index contributed by atoms with van der Waals surface area (Å²) in [7, 11) is 0. The molecule has 0 amide bonds. The van der Waals surface area contributed by atoms with Crippen molar-refractivity contribution in [2.24, 2.45) is 5.92 Å². The highest BCUT2D eigenvalue weighted by molar-refractivity contribution is 5.47. The van der Waals surface area contributed by atoms with E-state index in [-0.39, 0.29) is 6.10 Å². The largest absolute Gasteiger partial charge is 0.388 e. The van der Waals surface area contributed by atoms with Crippen LogP contribution in [0.15, 0.2) is 12.1 Å². The van der Waals surface area contributed by atoms with Gasteiger partial charge in [0, 0.05) is 0 Å². The monoisotopic (exact) mass is 190 g/mol. The third-order valence-electron chi connectivity index (χ3n) is 3.76. The molecule has 0 aliphatic heterocycles. The van der Waals surface area contributed by atoms with E-state index in [0.717, 1.165) is 0 Å². The molecular formula is C13H18O. The van der Waals surface area contributed by atoms with E-state index in [0.29, 0.717) is 11.8 Å². The van der Waals surface area contributed by atoms with Crippen LogP contribution in [0.1, 0.15) is 48.1 Å². The zero-order chi connectivity index (χ0) is 10.5. The maximum Gasteiger partial charge on any atom is 0.0826 e. The lowest BCUT2D eigenvalue weighted by molar-refractivity contribution is 0.123. The fourth-order valence-electron chi connectivity index (χ4n) is 2.65. The first-order chi connectivity index (χ1) is 6.54. The predicted octanol–water partition coefficient (Wildman–Crippen LogP) is 3.09. The SMILES string of the molecule is Cc1ccc(C)c2c1C(C)C(C)C2O. The van der Waals surface area contributed by atoms with Gasteiger partial charge in [0.05, 0.1) is 6.10 Å². The summed E-state index contributed by atoms with van der Waals surface area (Å²) in [6.45, 7) is 8.58. The Morgan fingerprint density at radius 2 is 1.50 bits per heavy atom. The van der Waals surface area contributed by atoms with Crippen molar-refractivity contribution < 1.29 is 5.11 Å². The van der Waals surface area contributed by atoms with E-state index in [9.17, 15) is 5.11 Å². The van der Waals surface area contributed by atoms with Gasteiger partial charge in [0.25, 0.3) is 0 Å². The van der Waals surface area contributed by atoms with Gasteiger partial charge in [-0.1, -0.05) is 26.0 Å². The minimum absolute atomic E-state index is 0.264. The number of rotatable bonds is 0. The summed E-state index contributed by atoms with van der Waals surface area (Å²) < 4.78 is 0. The molecule has 1 heteroatoms. The molecule has 0 radical (unpaired) electrons. The smallest absolute Gasteiger partial charge is 0.0826 e. The van der Waals surface area contributed by atoms with Crippen LogP contribution in [-0.2, 0) is 0 Å². The van der Waals surface area contributed by atoms with Gasteiger partial charge in [-0.3, -0.25) is 0 Å². The maximum atomic E-state index is 10.1. The number of aliphatic hydroxyl groups excluding tert-OH is 1. The lowest BCUT2D eigenvalue weighted by Crippen LogP contribution is -2.05. The van der Waals surface area contributed by atoms with Crippen molar-refractivity contribution >= 4 is 0 Å². The minimum atomic E-state index is -0.264. The van der Waals surface area contributed by atoms with Gasteiger partial charge in [0.2, 0.25) is 0 Å². The Labute approximate surface area is 85.8 Å². The fraction of sp³-hybridized carbons (Fsp3) is 0.538. The molecule has 1 aromatic rings. The molecule has 76 valence electrons. The van der Waals surface area contributed by atoms with Crippen molar-refractivity contribution in [3.63, 3.8) is 0 Å². The van der Waals surface area contributed by atoms with Crippen molar-refractivity contribution in [3.8, 4) is 0 Å². The first-order valence-corrected chi connectivity index (χ1v) is 5.32. The molecule has 1 nitrogen and oxygen atoms in total. The predicted molar refractivity (Wildman–Crippen MR) is 58.5 cm³/mol. The molecular weight excluding hydrogens is 172 g/mol. The minimum Gasteiger partial charge on any atom is -0.388 e. The van der Waals surface area contributed by atoms with Gasteiger partial charge in [0.15, 0.2) is 0 Å². The molecule has 1 aromatic carbocycles. The summed E-state index contributed by atoms with van der Waals surface area (Å²) >= 11 is 0. The van der Waals surface area contributed by atoms with Crippen LogP contribution in [0.25, 0.3) is 0 Å². The van der Waals surface area contributed by atoms with Crippen LogP contribution in [0, 0.1) is 19.8 Å². The molecule has 0 spiro atoms. The first-order valence-electron chi connectivity index (χ1n) is 5.32. The quantitative estimate of drug-likeness (QED) is 0.666. The number of aryl methyl sites for hydroxylation is 2. The van der Waals surface area contributed by atoms with Crippen molar-refractivity contribution in [2.45, 2.75) is 39.7 Å². The van der Waals surface area contributed by atoms with E-state index < -0.39 is 0 Å². The van der Waals surface area contributed by atoms with Crippen molar-refractivity contribution in [3.05, 3.63) is 34.4 Å². The van der Waals surface area contributed by atoms with Crippen LogP contribution in [0.4, 0.5) is 0 Å². The highest BCUT2D eigenvalue weighted by Crippen LogP contribution is 2.47. The molecule has 0 fully saturated rings. The normalized spacial score (nSPS) is 30.5. The van der Waals surface area contributed by atoms with Gasteiger partial charge in [0.1, 0.15) is 0 Å². The van der Waals surface area contributed by atoms with Crippen LogP contribution < -0.4 is 0 Å². The van der Waals surface area contributed by atoms with E-state index in [1.165, 1.54) is 22.3 Å². The molecule has 3 unspecified atom stereocenters. The van der Waals surface area contributed by atoms with Crippen molar-refractivity contribution in [1.82, 2.24) is 0 Å². The Hall–Kier alpha value is -0.820. The van der Waals surface area contributed by atoms with E-state index in [1.54, 1.807) is 0 Å². The molecule has 0 bridgehead atoms. The second-order valence-electron chi connectivity index (χ2n) is 4.62. The molecule has 14 heavy (non-hydrogen) atoms. The Morgan fingerprint density at radius 3 is 2.00 bits per heavy atom. The molecule has 0 aromatic heterocycles. The van der Waals surface area contributed by atoms with Crippen LogP contribution in [0.2, 0.25) is 0 Å². The standard InChI is InChI=1S/C13H18O/c1-7-5-6-8(2)12-11(7)9(3)10(4)13(12)14/h5-6,9-10,13-14H,1-4H3. The average molecular weight is 190 g/mol. The van der Waals surface area contributed by atoms with Gasteiger partial charge in [-0.25, -0.2) is 0 Å². The van der Waals surface area contributed by atoms with Gasteiger partial charge < -0.3 is 5.11 Å². The number of fused-ring (bicyclic) bond motifs is 1. The van der Waals surface area contributed by atoms with Crippen LogP contribution in [0.3, 0.4) is 0 Å². The molecule has 0 heterocycles. The van der Waals surface area contributed by atoms with Gasteiger partial charge in [-0.2, -0.15) is 0 Å². The highest BCUT2D eigenvalue weighted by Gasteiger charge is 2.35. The molecule has 1 aliphatic carbocycles. The summed E-state index contributed by atoms with van der Waals surface area (Å²) in [5, 5.41) is 10.1. The second kappa shape index (κ2) is 3.09. The Kier molecular flexibility index (Phi) is 2.15. The second-order valence-corrected chi connectivity index (χ2v) is 4.62. The van der Waals surface area contributed by atoms with Crippen molar-refractivity contribution in [1.29, 1.82) is 0 Å². The Morgan fingerprint density at radius 1 is 1.00 bits per heavy atom. The zero-order valence-corrected chi connectivity index (χ0v) is 9.33. The third kappa shape index (κ3) is 1.12. The molecule has 0 saturated carbocycles. The number of hydrogen-bond donors (Lipinski definition) is 1. The molecule has 0 saturated heterocycles. The molecule has 1 N–H and O–H groups in total. The van der Waals surface area contributed by atoms with Crippen LogP contribution >= 0.6 is 0 Å². The summed E-state index contributed by atoms with van der Waals surface area (Å²) in [5.41, 5.74) is 5.12. The van der Waals surface area contributed by atoms with E-state index >= 15 is 0 Å². The average Bonchev–Trinajstić information content (AvgIpc) is 2.38. The van der Waals surface area contributed by atoms with Gasteiger partial charge >= 0.3 is 0 Å². The van der Waals surface area contributed by atoms with Crippen molar-refractivity contribution in [2.75, 3.05) is 0 Å². The lowest BCUT2D eigenvalue weighted by Gasteiger charge is -2.13. The molecule has 3 atom stereocenters. The Bertz CT molecular complexity index is 333.